The zero-order valence-corrected chi connectivity index (χ0v) is 25.9. The molecule has 0 fully saturated rings. The molecule has 0 saturated carbocycles. The maximum Gasteiger partial charge on any atom is 0.0517 e. The second-order valence-electron chi connectivity index (χ2n) is 12.4. The lowest BCUT2D eigenvalue weighted by atomic mass is 9.82. The van der Waals surface area contributed by atoms with Crippen molar-refractivity contribution in [1.29, 1.82) is 0 Å². The summed E-state index contributed by atoms with van der Waals surface area (Å²) in [5.74, 6) is 0.389. The van der Waals surface area contributed by atoms with Crippen LogP contribution in [0, 0.1) is 0 Å². The van der Waals surface area contributed by atoms with Crippen LogP contribution in [-0.2, 0) is 0 Å². The van der Waals surface area contributed by atoms with Crippen LogP contribution >= 0.6 is 0 Å². The molecular weight excluding hydrogens is 542 g/mol. The van der Waals surface area contributed by atoms with Crippen molar-refractivity contribution >= 4 is 16.8 Å². The zero-order chi connectivity index (χ0) is 30.3. The highest BCUT2D eigenvalue weighted by Gasteiger charge is 2.25. The molecule has 222 valence electrons. The van der Waals surface area contributed by atoms with E-state index >= 15 is 0 Å². The van der Waals surface area contributed by atoms with Gasteiger partial charge in [-0.3, -0.25) is 0 Å². The summed E-state index contributed by atoms with van der Waals surface area (Å²) in [6.45, 7) is 0. The van der Waals surface area contributed by atoms with Crippen LogP contribution in [0.15, 0.2) is 176 Å². The summed E-state index contributed by atoms with van der Waals surface area (Å²) in [6.07, 6.45) is 26.2. The number of anilines is 1. The molecule has 7 rings (SSSR count). The predicted molar refractivity (Wildman–Crippen MR) is 192 cm³/mol. The lowest BCUT2D eigenvalue weighted by Gasteiger charge is -2.38. The normalized spacial score (nSPS) is 19.2. The van der Waals surface area contributed by atoms with Crippen LogP contribution in [-0.4, -0.2) is 12.1 Å². The second-order valence-corrected chi connectivity index (χ2v) is 12.4. The molecule has 4 aromatic carbocycles. The van der Waals surface area contributed by atoms with Crippen molar-refractivity contribution in [3.8, 4) is 0 Å². The van der Waals surface area contributed by atoms with E-state index in [0.717, 1.165) is 32.1 Å². The largest absolute Gasteiger partial charge is 0.358 e. The Labute approximate surface area is 269 Å². The third-order valence-corrected chi connectivity index (χ3v) is 9.50. The van der Waals surface area contributed by atoms with Gasteiger partial charge in [-0.05, 0) is 77.6 Å². The number of hydrogen-bond acceptors (Lipinski definition) is 1. The van der Waals surface area contributed by atoms with Crippen LogP contribution in [0.5, 0.6) is 0 Å². The minimum atomic E-state index is 0.341. The first-order chi connectivity index (χ1) is 22.3. The van der Waals surface area contributed by atoms with Gasteiger partial charge in [-0.2, -0.15) is 0 Å². The van der Waals surface area contributed by atoms with Crippen molar-refractivity contribution in [3.63, 3.8) is 0 Å². The zero-order valence-electron chi connectivity index (χ0n) is 25.9. The van der Waals surface area contributed by atoms with Gasteiger partial charge in [-0.25, -0.2) is 0 Å². The number of para-hydroxylation sites is 1. The molecule has 2 unspecified atom stereocenters. The van der Waals surface area contributed by atoms with Crippen molar-refractivity contribution in [2.24, 2.45) is 0 Å². The maximum absolute atomic E-state index is 2.58. The van der Waals surface area contributed by atoms with Crippen LogP contribution in [0.2, 0.25) is 0 Å². The third-order valence-electron chi connectivity index (χ3n) is 9.50. The fourth-order valence-electron chi connectivity index (χ4n) is 7.06. The molecule has 0 heterocycles. The molecule has 2 atom stereocenters. The van der Waals surface area contributed by atoms with E-state index in [-0.39, 0.29) is 0 Å². The molecule has 4 aromatic rings. The second kappa shape index (κ2) is 13.8. The highest BCUT2D eigenvalue weighted by atomic mass is 15.2. The molecule has 3 aliphatic rings. The van der Waals surface area contributed by atoms with Crippen LogP contribution in [0.3, 0.4) is 0 Å². The van der Waals surface area contributed by atoms with Crippen LogP contribution in [0.1, 0.15) is 60.3 Å². The minimum Gasteiger partial charge on any atom is -0.358 e. The standard InChI is InChI=1S/C44H41N/c1-5-13-39(14-6-1)44(40-15-7-2-8-16-40)33-34-21-23-35(24-22-34)36-25-27-37(28-26-36)38-29-31-43(32-30-38)45(41-17-9-3-10-18-41)42-19-11-4-12-20-42/h1-19,21,23,25-31,42-44H,20,22,24,32-33H2. The molecule has 1 nitrogen and oxygen atoms in total. The lowest BCUT2D eigenvalue weighted by Crippen LogP contribution is -2.42. The van der Waals surface area contributed by atoms with Crippen LogP contribution in [0.25, 0.3) is 11.1 Å². The first-order valence-corrected chi connectivity index (χ1v) is 16.5. The summed E-state index contributed by atoms with van der Waals surface area (Å²) in [5, 5.41) is 0. The highest BCUT2D eigenvalue weighted by Crippen LogP contribution is 2.36. The van der Waals surface area contributed by atoms with Crippen LogP contribution in [0.4, 0.5) is 5.69 Å². The van der Waals surface area contributed by atoms with E-state index in [1.807, 2.05) is 0 Å². The summed E-state index contributed by atoms with van der Waals surface area (Å²) in [7, 11) is 0. The molecule has 0 amide bonds. The molecule has 0 saturated heterocycles. The van der Waals surface area contributed by atoms with Crippen LogP contribution < -0.4 is 4.90 Å². The van der Waals surface area contributed by atoms with Gasteiger partial charge >= 0.3 is 0 Å². The van der Waals surface area contributed by atoms with Gasteiger partial charge in [0.15, 0.2) is 0 Å². The maximum atomic E-state index is 2.58. The number of benzene rings is 4. The summed E-state index contributed by atoms with van der Waals surface area (Å²) in [6, 6.07) is 42.7. The first-order valence-electron chi connectivity index (χ1n) is 16.5. The average Bonchev–Trinajstić information content (AvgIpc) is 3.13. The number of hydrogen-bond donors (Lipinski definition) is 0. The third kappa shape index (κ3) is 6.79. The molecule has 0 radical (unpaired) electrons. The predicted octanol–water partition coefficient (Wildman–Crippen LogP) is 11.1. The van der Waals surface area contributed by atoms with E-state index < -0.39 is 0 Å². The Morgan fingerprint density at radius 2 is 1.24 bits per heavy atom. The van der Waals surface area contributed by atoms with Crippen molar-refractivity contribution in [2.45, 2.75) is 50.1 Å². The van der Waals surface area contributed by atoms with Crippen molar-refractivity contribution in [2.75, 3.05) is 4.90 Å². The molecule has 0 aliphatic heterocycles. The Morgan fingerprint density at radius 1 is 0.600 bits per heavy atom. The van der Waals surface area contributed by atoms with E-state index in [0.29, 0.717) is 18.0 Å². The summed E-state index contributed by atoms with van der Waals surface area (Å²) >= 11 is 0. The van der Waals surface area contributed by atoms with Crippen molar-refractivity contribution in [1.82, 2.24) is 0 Å². The smallest absolute Gasteiger partial charge is 0.0517 e. The van der Waals surface area contributed by atoms with Gasteiger partial charge in [-0.1, -0.05) is 163 Å². The Hall–Kier alpha value is -4.88. The fraction of sp³-hybridized carbons (Fsp3) is 0.182. The number of nitrogens with zero attached hydrogens (tertiary/aromatic N) is 1. The summed E-state index contributed by atoms with van der Waals surface area (Å²) in [5.41, 5.74) is 11.0. The Kier molecular flexibility index (Phi) is 8.87. The molecular formula is C44H41N. The van der Waals surface area contributed by atoms with E-state index in [4.69, 9.17) is 0 Å². The van der Waals surface area contributed by atoms with E-state index in [1.165, 1.54) is 44.7 Å². The van der Waals surface area contributed by atoms with Gasteiger partial charge in [0.05, 0.1) is 12.1 Å². The SMILES string of the molecule is C1=CCC(N(c2ccccc2)C2C=CC(c3ccc(C4=CC=C(CC(c5ccccc5)c5ccccc5)CC4)cc3)=CC2)C=C1. The molecule has 1 heteroatoms. The van der Waals surface area contributed by atoms with Crippen molar-refractivity contribution in [3.05, 3.63) is 198 Å². The minimum absolute atomic E-state index is 0.341. The quantitative estimate of drug-likeness (QED) is 0.189. The van der Waals surface area contributed by atoms with E-state index in [2.05, 4.69) is 175 Å². The van der Waals surface area contributed by atoms with E-state index in [1.54, 1.807) is 0 Å². The fourth-order valence-corrected chi connectivity index (χ4v) is 7.06. The van der Waals surface area contributed by atoms with E-state index in [9.17, 15) is 0 Å². The van der Waals surface area contributed by atoms with Gasteiger partial charge < -0.3 is 4.90 Å². The number of rotatable bonds is 9. The molecule has 0 spiro atoms. The first kappa shape index (κ1) is 28.9. The van der Waals surface area contributed by atoms with Gasteiger partial charge in [-0.15, -0.1) is 0 Å². The topological polar surface area (TPSA) is 3.24 Å². The van der Waals surface area contributed by atoms with Gasteiger partial charge in [0, 0.05) is 11.6 Å². The monoisotopic (exact) mass is 583 g/mol. The van der Waals surface area contributed by atoms with Gasteiger partial charge in [0.1, 0.15) is 0 Å². The molecule has 0 N–H and O–H groups in total. The Balaban J connectivity index is 1.03. The molecule has 0 aromatic heterocycles. The molecule has 45 heavy (non-hydrogen) atoms. The summed E-state index contributed by atoms with van der Waals surface area (Å²) in [4.78, 5) is 2.58. The van der Waals surface area contributed by atoms with Crippen molar-refractivity contribution < 1.29 is 0 Å². The Bertz CT molecular complexity index is 1710. The summed E-state index contributed by atoms with van der Waals surface area (Å²) < 4.78 is 0. The Morgan fingerprint density at radius 3 is 1.82 bits per heavy atom. The average molecular weight is 584 g/mol. The highest BCUT2D eigenvalue weighted by molar-refractivity contribution is 5.78. The van der Waals surface area contributed by atoms with Gasteiger partial charge in [0.2, 0.25) is 0 Å². The molecule has 3 aliphatic carbocycles. The number of allylic oxidation sites excluding steroid dienone is 8. The van der Waals surface area contributed by atoms with Gasteiger partial charge in [0.25, 0.3) is 0 Å². The lowest BCUT2D eigenvalue weighted by molar-refractivity contribution is 0.617. The molecule has 0 bridgehead atoms.